The molecule has 268 valence electrons. The van der Waals surface area contributed by atoms with Gasteiger partial charge in [0.25, 0.3) is 0 Å². The first-order valence-corrected chi connectivity index (χ1v) is 22.8. The fraction of sp³-hybridized carbons (Fsp3) is 0.0588. The number of benzene rings is 8. The van der Waals surface area contributed by atoms with Crippen molar-refractivity contribution < 1.29 is 0 Å². The van der Waals surface area contributed by atoms with Crippen LogP contribution >= 0.6 is 15.2 Å². The molecule has 0 bridgehead atoms. The molecule has 0 unspecified atom stereocenters. The van der Waals surface area contributed by atoms with E-state index < -0.39 is 15.2 Å². The molecular formula is C51H44N2P2. The van der Waals surface area contributed by atoms with Crippen LogP contribution in [0.25, 0.3) is 22.3 Å². The summed E-state index contributed by atoms with van der Waals surface area (Å²) in [5.41, 5.74) is 9.89. The van der Waals surface area contributed by atoms with Gasteiger partial charge in [-0.25, -0.2) is 0 Å². The Morgan fingerprint density at radius 2 is 0.691 bits per heavy atom. The maximum atomic E-state index is 2.55. The second kappa shape index (κ2) is 14.8. The number of hydrogen-bond acceptors (Lipinski definition) is 2. The molecule has 9 rings (SSSR count). The molecule has 8 aromatic carbocycles. The van der Waals surface area contributed by atoms with Crippen LogP contribution < -0.4 is 41.6 Å². The molecule has 0 spiro atoms. The first kappa shape index (κ1) is 35.0. The topological polar surface area (TPSA) is 6.48 Å². The fourth-order valence-corrected chi connectivity index (χ4v) is 15.2. The molecule has 4 heteroatoms. The third kappa shape index (κ3) is 6.27. The van der Waals surface area contributed by atoms with Crippen molar-refractivity contribution in [1.82, 2.24) is 0 Å². The van der Waals surface area contributed by atoms with Crippen molar-refractivity contribution in [2.24, 2.45) is 0 Å². The van der Waals surface area contributed by atoms with Crippen LogP contribution in [0.3, 0.4) is 0 Å². The van der Waals surface area contributed by atoms with E-state index in [0.717, 1.165) is 0 Å². The van der Waals surface area contributed by atoms with Gasteiger partial charge in [0.1, 0.15) is 0 Å². The van der Waals surface area contributed by atoms with Gasteiger partial charge in [-0.1, -0.05) is 18.2 Å². The monoisotopic (exact) mass is 746 g/mol. The van der Waals surface area contributed by atoms with E-state index in [1.54, 1.807) is 0 Å². The van der Waals surface area contributed by atoms with Crippen LogP contribution in [0.15, 0.2) is 206 Å². The number of hydrogen-bond donors (Lipinski definition) is 0. The second-order valence-corrected chi connectivity index (χ2v) is 20.5. The van der Waals surface area contributed by atoms with Gasteiger partial charge in [0.05, 0.1) is 0 Å². The Morgan fingerprint density at radius 1 is 0.345 bits per heavy atom. The molecule has 8 aromatic rings. The van der Waals surface area contributed by atoms with Crippen LogP contribution in [-0.4, -0.2) is 20.8 Å². The molecule has 2 nitrogen and oxygen atoms in total. The predicted molar refractivity (Wildman–Crippen MR) is 245 cm³/mol. The van der Waals surface area contributed by atoms with E-state index >= 15 is 0 Å². The summed E-state index contributed by atoms with van der Waals surface area (Å²) in [7, 11) is 0.893. The summed E-state index contributed by atoms with van der Waals surface area (Å²) in [6, 6.07) is 76.6. The van der Waals surface area contributed by atoms with Crippen LogP contribution in [0, 0.1) is 0 Å². The van der Waals surface area contributed by atoms with E-state index in [2.05, 4.69) is 237 Å². The zero-order chi connectivity index (χ0) is 37.4. The van der Waals surface area contributed by atoms with Crippen LogP contribution in [0.2, 0.25) is 0 Å². The number of para-hydroxylation sites is 4. The summed E-state index contributed by atoms with van der Waals surface area (Å²) in [4.78, 5) is 4.94. The van der Waals surface area contributed by atoms with Gasteiger partial charge < -0.3 is 0 Å². The molecule has 1 aliphatic rings. The summed E-state index contributed by atoms with van der Waals surface area (Å²) < 4.78 is 0. The van der Waals surface area contributed by atoms with Gasteiger partial charge >= 0.3 is 311 Å². The third-order valence-corrected chi connectivity index (χ3v) is 18.4. The zero-order valence-electron chi connectivity index (χ0n) is 31.5. The quantitative estimate of drug-likeness (QED) is 0.166. The van der Waals surface area contributed by atoms with Gasteiger partial charge in [-0.05, 0) is 0 Å². The Morgan fingerprint density at radius 3 is 1.15 bits per heavy atom. The molecule has 55 heavy (non-hydrogen) atoms. The van der Waals surface area contributed by atoms with Gasteiger partial charge in [0, 0.05) is 0 Å². The molecule has 0 saturated carbocycles. The number of nitrogens with zero attached hydrogens (tertiary/aromatic N) is 2. The molecule has 0 aliphatic carbocycles. The molecule has 1 aliphatic heterocycles. The summed E-state index contributed by atoms with van der Waals surface area (Å²) in [5, 5.41) is 8.18. The molecule has 0 fully saturated rings. The van der Waals surface area contributed by atoms with Crippen molar-refractivity contribution in [2.45, 2.75) is 0 Å². The maximum absolute atomic E-state index is 2.68. The Hall–Kier alpha value is -5.78. The Bertz CT molecular complexity index is 2490. The normalized spacial score (nSPS) is 15.3. The Kier molecular flexibility index (Phi) is 9.41. The summed E-state index contributed by atoms with van der Waals surface area (Å²) >= 11 is 0. The summed E-state index contributed by atoms with van der Waals surface area (Å²) in [6.45, 7) is 2.55. The fourth-order valence-electron chi connectivity index (χ4n) is 8.44. The first-order chi connectivity index (χ1) is 27.0. The zero-order valence-corrected chi connectivity index (χ0v) is 33.4. The molecule has 0 saturated heterocycles. The van der Waals surface area contributed by atoms with Crippen LogP contribution in [0.4, 0.5) is 22.7 Å². The van der Waals surface area contributed by atoms with Crippen molar-refractivity contribution in [3.05, 3.63) is 206 Å². The first-order valence-electron chi connectivity index (χ1n) is 19.0. The van der Waals surface area contributed by atoms with Crippen LogP contribution in [0.1, 0.15) is 0 Å². The minimum atomic E-state index is -2.68. The molecule has 0 atom stereocenters. The van der Waals surface area contributed by atoms with Crippen molar-refractivity contribution in [3.8, 4) is 22.3 Å². The van der Waals surface area contributed by atoms with Gasteiger partial charge in [-0.15, -0.1) is 0 Å². The minimum absolute atomic E-state index is 0.970. The van der Waals surface area contributed by atoms with E-state index in [1.807, 2.05) is 0 Å². The SMILES string of the molecule is CN1c2ccccc2P(c2ccc(-c3ccccc3)cc2)c2ccccc2N(C)c2ccccc2[PH](C)(c2ccc(-c3ccccc3)cc2)c2ccccc21. The number of fused-ring (bicyclic) bond motifs is 4. The van der Waals surface area contributed by atoms with Gasteiger partial charge in [-0.3, -0.25) is 0 Å². The van der Waals surface area contributed by atoms with Gasteiger partial charge in [-0.2, -0.15) is 0 Å². The van der Waals surface area contributed by atoms with Crippen LogP contribution in [0.5, 0.6) is 0 Å². The second-order valence-electron chi connectivity index (χ2n) is 14.4. The predicted octanol–water partition coefficient (Wildman–Crippen LogP) is 10.3. The van der Waals surface area contributed by atoms with Crippen molar-refractivity contribution >= 4 is 69.8 Å². The molecule has 0 amide bonds. The van der Waals surface area contributed by atoms with E-state index in [-0.39, 0.29) is 0 Å². The van der Waals surface area contributed by atoms with Gasteiger partial charge in [0.15, 0.2) is 0 Å². The average Bonchev–Trinajstić information content (AvgIpc) is 3.27. The molecule has 0 N–H and O–H groups in total. The van der Waals surface area contributed by atoms with E-state index in [0.29, 0.717) is 0 Å². The van der Waals surface area contributed by atoms with Crippen molar-refractivity contribution in [3.63, 3.8) is 0 Å². The molecular weight excluding hydrogens is 703 g/mol. The molecule has 1 heterocycles. The van der Waals surface area contributed by atoms with Crippen molar-refractivity contribution in [2.75, 3.05) is 30.6 Å². The molecule has 0 radical (unpaired) electrons. The number of rotatable bonds is 4. The number of anilines is 4. The van der Waals surface area contributed by atoms with Crippen molar-refractivity contribution in [1.29, 1.82) is 0 Å². The average molecular weight is 747 g/mol. The summed E-state index contributed by atoms with van der Waals surface area (Å²) in [5.74, 6) is 0. The van der Waals surface area contributed by atoms with E-state index in [1.165, 1.54) is 76.8 Å². The van der Waals surface area contributed by atoms with E-state index in [4.69, 9.17) is 0 Å². The standard InChI is InChI=1S/C51H44N2P2/c1-52-44-22-10-14-26-48(44)54(42-34-30-40(31-35-42)38-18-6-4-7-19-38)49-27-15-11-23-45(49)53(2)47-25-13-17-29-51(47)55(3,50-28-16-12-24-46(50)52)43-36-32-41(33-37-43)39-20-8-5-9-21-39/h4-37,55H,1-3H3. The van der Waals surface area contributed by atoms with Crippen LogP contribution in [-0.2, 0) is 0 Å². The van der Waals surface area contributed by atoms with Gasteiger partial charge in [0.2, 0.25) is 0 Å². The molecule has 0 aromatic heterocycles. The summed E-state index contributed by atoms with van der Waals surface area (Å²) in [6.07, 6.45) is 0. The Balaban J connectivity index is 1.30. The third-order valence-electron chi connectivity index (χ3n) is 11.4. The Labute approximate surface area is 327 Å². The van der Waals surface area contributed by atoms with E-state index in [9.17, 15) is 0 Å².